The first kappa shape index (κ1) is 15.6. The van der Waals surface area contributed by atoms with Gasteiger partial charge < -0.3 is 9.73 Å². The first-order valence-corrected chi connectivity index (χ1v) is 8.02. The van der Waals surface area contributed by atoms with E-state index in [9.17, 15) is 4.79 Å². The van der Waals surface area contributed by atoms with Crippen LogP contribution in [0.5, 0.6) is 0 Å². The zero-order valence-electron chi connectivity index (χ0n) is 14.0. The number of amides is 1. The SMILES string of the molecule is Cc1c([C@H](C)NC(=O)/C=C/c2ccc([C@@H]3C[C@@H]3C)o2)cnn1C. The van der Waals surface area contributed by atoms with Crippen molar-refractivity contribution >= 4 is 12.0 Å². The second kappa shape index (κ2) is 6.07. The van der Waals surface area contributed by atoms with Gasteiger partial charge in [0.2, 0.25) is 5.91 Å². The lowest BCUT2D eigenvalue weighted by atomic mass is 10.1. The van der Waals surface area contributed by atoms with E-state index in [4.69, 9.17) is 4.42 Å². The molecule has 2 heterocycles. The van der Waals surface area contributed by atoms with Gasteiger partial charge in [-0.3, -0.25) is 9.48 Å². The quantitative estimate of drug-likeness (QED) is 0.861. The lowest BCUT2D eigenvalue weighted by Crippen LogP contribution is -2.24. The highest BCUT2D eigenvalue weighted by molar-refractivity contribution is 5.91. The van der Waals surface area contributed by atoms with Crippen LogP contribution in [0.1, 0.15) is 55.0 Å². The Hall–Kier alpha value is -2.30. The molecular formula is C18H23N3O2. The third kappa shape index (κ3) is 3.38. The van der Waals surface area contributed by atoms with Crippen LogP contribution in [0.4, 0.5) is 0 Å². The second-order valence-corrected chi connectivity index (χ2v) is 6.43. The van der Waals surface area contributed by atoms with Gasteiger partial charge in [0, 0.05) is 30.3 Å². The van der Waals surface area contributed by atoms with E-state index in [1.807, 2.05) is 33.0 Å². The van der Waals surface area contributed by atoms with Gasteiger partial charge in [-0.2, -0.15) is 5.10 Å². The first-order valence-electron chi connectivity index (χ1n) is 8.02. The normalized spacial score (nSPS) is 21.6. The number of carbonyl (C=O) groups excluding carboxylic acids is 1. The summed E-state index contributed by atoms with van der Waals surface area (Å²) in [6.07, 6.45) is 6.22. The molecule has 0 aromatic carbocycles. The lowest BCUT2D eigenvalue weighted by molar-refractivity contribution is -0.117. The van der Waals surface area contributed by atoms with Crippen molar-refractivity contribution in [2.45, 2.75) is 39.2 Å². The molecule has 1 aliphatic rings. The van der Waals surface area contributed by atoms with E-state index >= 15 is 0 Å². The highest BCUT2D eigenvalue weighted by atomic mass is 16.3. The number of hydrogen-bond acceptors (Lipinski definition) is 3. The monoisotopic (exact) mass is 313 g/mol. The van der Waals surface area contributed by atoms with Crippen LogP contribution in [0.3, 0.4) is 0 Å². The molecule has 122 valence electrons. The summed E-state index contributed by atoms with van der Waals surface area (Å²) in [4.78, 5) is 12.1. The highest BCUT2D eigenvalue weighted by Gasteiger charge is 2.36. The molecule has 2 aromatic heterocycles. The van der Waals surface area contributed by atoms with E-state index in [1.54, 1.807) is 17.0 Å². The molecule has 0 bridgehead atoms. The molecule has 1 N–H and O–H groups in total. The third-order valence-electron chi connectivity index (χ3n) is 4.62. The molecule has 5 nitrogen and oxygen atoms in total. The molecule has 3 rings (SSSR count). The number of aromatic nitrogens is 2. The summed E-state index contributed by atoms with van der Waals surface area (Å²) < 4.78 is 7.56. The number of nitrogens with one attached hydrogen (secondary N) is 1. The summed E-state index contributed by atoms with van der Waals surface area (Å²) in [6.45, 7) is 6.16. The van der Waals surface area contributed by atoms with Crippen LogP contribution >= 0.6 is 0 Å². The minimum atomic E-state index is -0.140. The minimum absolute atomic E-state index is 0.0830. The molecule has 0 unspecified atom stereocenters. The van der Waals surface area contributed by atoms with E-state index in [1.165, 1.54) is 12.5 Å². The largest absolute Gasteiger partial charge is 0.461 e. The summed E-state index contributed by atoms with van der Waals surface area (Å²) in [5, 5.41) is 7.15. The standard InChI is InChI=1S/C18H23N3O2/c1-11-9-15(11)17-7-5-14(23-17)6-8-18(22)20-12(2)16-10-19-21(4)13(16)3/h5-8,10-12,15H,9H2,1-4H3,(H,20,22)/b8-6+/t11-,12-,15+/m0/s1. The Morgan fingerprint density at radius 2 is 2.26 bits per heavy atom. The summed E-state index contributed by atoms with van der Waals surface area (Å²) in [5.41, 5.74) is 2.08. The molecule has 5 heteroatoms. The fourth-order valence-electron chi connectivity index (χ4n) is 2.81. The smallest absolute Gasteiger partial charge is 0.244 e. The van der Waals surface area contributed by atoms with Crippen LogP contribution in [0.2, 0.25) is 0 Å². The Morgan fingerprint density at radius 3 is 2.87 bits per heavy atom. The van der Waals surface area contributed by atoms with Gasteiger partial charge in [-0.15, -0.1) is 0 Å². The van der Waals surface area contributed by atoms with Crippen LogP contribution < -0.4 is 5.32 Å². The fraction of sp³-hybridized carbons (Fsp3) is 0.444. The Bertz CT molecular complexity index is 741. The van der Waals surface area contributed by atoms with Crippen molar-refractivity contribution in [3.05, 3.63) is 47.2 Å². The number of nitrogens with zero attached hydrogens (tertiary/aromatic N) is 2. The van der Waals surface area contributed by atoms with E-state index in [-0.39, 0.29) is 11.9 Å². The second-order valence-electron chi connectivity index (χ2n) is 6.43. The van der Waals surface area contributed by atoms with Crippen molar-refractivity contribution in [1.29, 1.82) is 0 Å². The molecule has 1 fully saturated rings. The van der Waals surface area contributed by atoms with E-state index in [2.05, 4.69) is 17.3 Å². The van der Waals surface area contributed by atoms with Crippen LogP contribution in [-0.2, 0) is 11.8 Å². The van der Waals surface area contributed by atoms with Crippen LogP contribution in [0.15, 0.2) is 28.8 Å². The van der Waals surface area contributed by atoms with Crippen LogP contribution in [-0.4, -0.2) is 15.7 Å². The van der Waals surface area contributed by atoms with Crippen molar-refractivity contribution in [2.75, 3.05) is 0 Å². The fourth-order valence-corrected chi connectivity index (χ4v) is 2.81. The Kier molecular flexibility index (Phi) is 4.11. The Morgan fingerprint density at radius 1 is 1.52 bits per heavy atom. The van der Waals surface area contributed by atoms with E-state index < -0.39 is 0 Å². The lowest BCUT2D eigenvalue weighted by Gasteiger charge is -2.11. The van der Waals surface area contributed by atoms with Gasteiger partial charge in [-0.1, -0.05) is 6.92 Å². The van der Waals surface area contributed by atoms with Gasteiger partial charge in [0.25, 0.3) is 0 Å². The maximum Gasteiger partial charge on any atom is 0.244 e. The van der Waals surface area contributed by atoms with Gasteiger partial charge in [0.15, 0.2) is 0 Å². The Balaban J connectivity index is 1.58. The molecule has 0 saturated heterocycles. The third-order valence-corrected chi connectivity index (χ3v) is 4.62. The van der Waals surface area contributed by atoms with Crippen molar-refractivity contribution in [2.24, 2.45) is 13.0 Å². The highest BCUT2D eigenvalue weighted by Crippen LogP contribution is 2.47. The summed E-state index contributed by atoms with van der Waals surface area (Å²) in [7, 11) is 1.89. The van der Waals surface area contributed by atoms with E-state index in [0.717, 1.165) is 22.8 Å². The summed E-state index contributed by atoms with van der Waals surface area (Å²) in [5.74, 6) is 2.87. The van der Waals surface area contributed by atoms with Crippen LogP contribution in [0, 0.1) is 12.8 Å². The van der Waals surface area contributed by atoms with Crippen molar-refractivity contribution in [1.82, 2.24) is 15.1 Å². The molecule has 1 aliphatic carbocycles. The topological polar surface area (TPSA) is 60.1 Å². The first-order chi connectivity index (χ1) is 11.0. The number of carbonyl (C=O) groups is 1. The average Bonchev–Trinajstić information content (AvgIpc) is 2.93. The predicted molar refractivity (Wildman–Crippen MR) is 88.8 cm³/mol. The number of hydrogen-bond donors (Lipinski definition) is 1. The maximum atomic E-state index is 12.1. The van der Waals surface area contributed by atoms with Gasteiger partial charge >= 0.3 is 0 Å². The molecule has 0 spiro atoms. The zero-order valence-corrected chi connectivity index (χ0v) is 14.0. The molecule has 3 atom stereocenters. The van der Waals surface area contributed by atoms with Crippen molar-refractivity contribution in [3.8, 4) is 0 Å². The average molecular weight is 313 g/mol. The van der Waals surface area contributed by atoms with Gasteiger partial charge in [0.05, 0.1) is 12.2 Å². The molecule has 0 radical (unpaired) electrons. The predicted octanol–water partition coefficient (Wildman–Crippen LogP) is 3.34. The summed E-state index contributed by atoms with van der Waals surface area (Å²) in [6, 6.07) is 3.84. The molecule has 2 aromatic rings. The van der Waals surface area contributed by atoms with Crippen molar-refractivity contribution in [3.63, 3.8) is 0 Å². The number of rotatable bonds is 5. The molecule has 1 amide bonds. The van der Waals surface area contributed by atoms with Gasteiger partial charge in [-0.25, -0.2) is 0 Å². The number of aryl methyl sites for hydroxylation is 1. The van der Waals surface area contributed by atoms with Crippen LogP contribution in [0.25, 0.3) is 6.08 Å². The molecule has 23 heavy (non-hydrogen) atoms. The molecule has 0 aliphatic heterocycles. The summed E-state index contributed by atoms with van der Waals surface area (Å²) >= 11 is 0. The minimum Gasteiger partial charge on any atom is -0.461 e. The van der Waals surface area contributed by atoms with Crippen molar-refractivity contribution < 1.29 is 9.21 Å². The van der Waals surface area contributed by atoms with Gasteiger partial charge in [0.1, 0.15) is 11.5 Å². The molecular weight excluding hydrogens is 290 g/mol. The maximum absolute atomic E-state index is 12.1. The number of furan rings is 1. The molecule has 1 saturated carbocycles. The zero-order chi connectivity index (χ0) is 16.6. The van der Waals surface area contributed by atoms with Gasteiger partial charge in [-0.05, 0) is 44.4 Å². The Labute approximate surface area is 136 Å². The van der Waals surface area contributed by atoms with E-state index in [0.29, 0.717) is 11.8 Å².